The van der Waals surface area contributed by atoms with Crippen LogP contribution in [0.1, 0.15) is 0 Å². The van der Waals surface area contributed by atoms with E-state index in [4.69, 9.17) is 4.74 Å². The lowest BCUT2D eigenvalue weighted by Crippen LogP contribution is -2.15. The van der Waals surface area contributed by atoms with E-state index in [2.05, 4.69) is 77.0 Å². The second kappa shape index (κ2) is 5.96. The zero-order valence-corrected chi connectivity index (χ0v) is 16.5. The first kappa shape index (κ1) is 15.2. The van der Waals surface area contributed by atoms with Crippen molar-refractivity contribution in [3.63, 3.8) is 0 Å². The molecule has 0 N–H and O–H groups in total. The molecule has 0 fully saturated rings. The van der Waals surface area contributed by atoms with E-state index in [0.29, 0.717) is 0 Å². The van der Waals surface area contributed by atoms with Gasteiger partial charge in [0, 0.05) is 19.1 Å². The molecule has 23 heavy (non-hydrogen) atoms. The predicted octanol–water partition coefficient (Wildman–Crippen LogP) is 7.55. The fraction of sp³-hybridized carbons (Fsp3) is 0. The molecule has 3 aromatic rings. The maximum atomic E-state index is 6.10. The van der Waals surface area contributed by atoms with Crippen molar-refractivity contribution in [1.29, 1.82) is 0 Å². The molecule has 1 aliphatic rings. The summed E-state index contributed by atoms with van der Waals surface area (Å²) in [4.78, 5) is 2.21. The zero-order chi connectivity index (χ0) is 16.0. The molecular formula is C18H10Br3NO. The Labute approximate surface area is 159 Å². The minimum absolute atomic E-state index is 0.827. The molecule has 0 aliphatic carbocycles. The lowest BCUT2D eigenvalue weighted by molar-refractivity contribution is 0.476. The second-order valence-corrected chi connectivity index (χ2v) is 7.89. The van der Waals surface area contributed by atoms with E-state index in [1.807, 2.05) is 36.4 Å². The second-order valence-electron chi connectivity index (χ2n) is 5.14. The molecule has 1 aliphatic heterocycles. The number of benzene rings is 3. The number of anilines is 3. The molecule has 0 saturated carbocycles. The monoisotopic (exact) mass is 493 g/mol. The van der Waals surface area contributed by atoms with Crippen LogP contribution >= 0.6 is 47.8 Å². The van der Waals surface area contributed by atoms with Gasteiger partial charge in [0.15, 0.2) is 11.5 Å². The van der Waals surface area contributed by atoms with Gasteiger partial charge in [-0.2, -0.15) is 0 Å². The molecule has 0 unspecified atom stereocenters. The molecule has 0 saturated heterocycles. The first-order chi connectivity index (χ1) is 11.1. The fourth-order valence-electron chi connectivity index (χ4n) is 2.63. The van der Waals surface area contributed by atoms with Crippen molar-refractivity contribution in [2.24, 2.45) is 0 Å². The summed E-state index contributed by atoms with van der Waals surface area (Å²) in [7, 11) is 0. The first-order valence-corrected chi connectivity index (χ1v) is 9.32. The van der Waals surface area contributed by atoms with Gasteiger partial charge in [0.25, 0.3) is 0 Å². The van der Waals surface area contributed by atoms with Gasteiger partial charge >= 0.3 is 0 Å². The SMILES string of the molecule is Brc1ccc(N2c3ccc(Br)cc3Oc3cc(Br)ccc32)cc1. The van der Waals surface area contributed by atoms with E-state index in [-0.39, 0.29) is 0 Å². The van der Waals surface area contributed by atoms with Gasteiger partial charge in [-0.3, -0.25) is 0 Å². The molecular weight excluding hydrogens is 486 g/mol. The summed E-state index contributed by atoms with van der Waals surface area (Å²) in [5, 5.41) is 0. The molecule has 1 heterocycles. The summed E-state index contributed by atoms with van der Waals surface area (Å²) in [5.41, 5.74) is 3.12. The summed E-state index contributed by atoms with van der Waals surface area (Å²) >= 11 is 10.5. The highest BCUT2D eigenvalue weighted by Gasteiger charge is 2.26. The predicted molar refractivity (Wildman–Crippen MR) is 104 cm³/mol. The van der Waals surface area contributed by atoms with Crippen molar-refractivity contribution in [1.82, 2.24) is 0 Å². The van der Waals surface area contributed by atoms with Gasteiger partial charge in [0.05, 0.1) is 11.4 Å². The van der Waals surface area contributed by atoms with Gasteiger partial charge < -0.3 is 9.64 Å². The van der Waals surface area contributed by atoms with Gasteiger partial charge in [0.1, 0.15) is 0 Å². The Kier molecular flexibility index (Phi) is 3.95. The summed E-state index contributed by atoms with van der Waals surface area (Å²) in [5.74, 6) is 1.65. The Morgan fingerprint density at radius 2 is 1.09 bits per heavy atom. The maximum Gasteiger partial charge on any atom is 0.152 e. The highest BCUT2D eigenvalue weighted by atomic mass is 79.9. The van der Waals surface area contributed by atoms with E-state index in [1.54, 1.807) is 0 Å². The zero-order valence-electron chi connectivity index (χ0n) is 11.8. The number of hydrogen-bond acceptors (Lipinski definition) is 2. The molecule has 3 aromatic carbocycles. The van der Waals surface area contributed by atoms with Crippen LogP contribution in [0.2, 0.25) is 0 Å². The van der Waals surface area contributed by atoms with Crippen LogP contribution in [-0.2, 0) is 0 Å². The Balaban J connectivity index is 1.95. The third-order valence-corrected chi connectivity index (χ3v) is 5.15. The average molecular weight is 496 g/mol. The molecule has 0 bridgehead atoms. The van der Waals surface area contributed by atoms with Crippen LogP contribution in [-0.4, -0.2) is 0 Å². The number of hydrogen-bond donors (Lipinski definition) is 0. The van der Waals surface area contributed by atoms with Crippen LogP contribution in [0.5, 0.6) is 11.5 Å². The van der Waals surface area contributed by atoms with E-state index >= 15 is 0 Å². The summed E-state index contributed by atoms with van der Waals surface area (Å²) in [6.45, 7) is 0. The molecule has 0 aromatic heterocycles. The molecule has 2 nitrogen and oxygen atoms in total. The topological polar surface area (TPSA) is 12.5 Å². The normalized spacial score (nSPS) is 12.4. The first-order valence-electron chi connectivity index (χ1n) is 6.94. The third-order valence-electron chi connectivity index (χ3n) is 3.63. The van der Waals surface area contributed by atoms with Gasteiger partial charge in [-0.15, -0.1) is 0 Å². The molecule has 114 valence electrons. The number of ether oxygens (including phenoxy) is 1. The van der Waals surface area contributed by atoms with Crippen molar-refractivity contribution in [2.75, 3.05) is 4.90 Å². The van der Waals surface area contributed by atoms with Crippen LogP contribution in [0.25, 0.3) is 0 Å². The largest absolute Gasteiger partial charge is 0.453 e. The summed E-state index contributed by atoms with van der Waals surface area (Å²) in [6.07, 6.45) is 0. The smallest absolute Gasteiger partial charge is 0.152 e. The van der Waals surface area contributed by atoms with Crippen LogP contribution in [0.3, 0.4) is 0 Å². The number of halogens is 3. The van der Waals surface area contributed by atoms with Gasteiger partial charge in [-0.25, -0.2) is 0 Å². The highest BCUT2D eigenvalue weighted by molar-refractivity contribution is 9.11. The molecule has 0 amide bonds. The Hall–Kier alpha value is -1.30. The fourth-order valence-corrected chi connectivity index (χ4v) is 3.57. The van der Waals surface area contributed by atoms with E-state index in [0.717, 1.165) is 42.0 Å². The Bertz CT molecular complexity index is 842. The number of rotatable bonds is 1. The maximum absolute atomic E-state index is 6.10. The van der Waals surface area contributed by atoms with Gasteiger partial charge in [-0.05, 0) is 60.7 Å². The lowest BCUT2D eigenvalue weighted by Gasteiger charge is -2.33. The highest BCUT2D eigenvalue weighted by Crippen LogP contribution is 2.51. The minimum atomic E-state index is 0.827. The summed E-state index contributed by atoms with van der Waals surface area (Å²) < 4.78 is 9.14. The van der Waals surface area contributed by atoms with Crippen molar-refractivity contribution in [3.05, 3.63) is 74.1 Å². The number of fused-ring (bicyclic) bond motifs is 2. The van der Waals surface area contributed by atoms with E-state index < -0.39 is 0 Å². The third kappa shape index (κ3) is 2.82. The average Bonchev–Trinajstić information content (AvgIpc) is 2.53. The van der Waals surface area contributed by atoms with Crippen molar-refractivity contribution in [3.8, 4) is 11.5 Å². The summed E-state index contributed by atoms with van der Waals surface area (Å²) in [6, 6.07) is 20.4. The van der Waals surface area contributed by atoms with Crippen LogP contribution in [0.15, 0.2) is 74.1 Å². The van der Waals surface area contributed by atoms with Crippen LogP contribution in [0.4, 0.5) is 17.1 Å². The molecule has 0 spiro atoms. The molecule has 0 radical (unpaired) electrons. The van der Waals surface area contributed by atoms with Gasteiger partial charge in [-0.1, -0.05) is 47.8 Å². The lowest BCUT2D eigenvalue weighted by atomic mass is 10.1. The van der Waals surface area contributed by atoms with Gasteiger partial charge in [0.2, 0.25) is 0 Å². The van der Waals surface area contributed by atoms with Crippen molar-refractivity contribution < 1.29 is 4.74 Å². The van der Waals surface area contributed by atoms with E-state index in [9.17, 15) is 0 Å². The van der Waals surface area contributed by atoms with Crippen LogP contribution < -0.4 is 9.64 Å². The van der Waals surface area contributed by atoms with Crippen molar-refractivity contribution in [2.45, 2.75) is 0 Å². The molecule has 4 rings (SSSR count). The minimum Gasteiger partial charge on any atom is -0.453 e. The van der Waals surface area contributed by atoms with E-state index in [1.165, 1.54) is 0 Å². The number of nitrogens with zero attached hydrogens (tertiary/aromatic N) is 1. The quantitative estimate of drug-likeness (QED) is 0.270. The standard InChI is InChI=1S/C18H10Br3NO/c19-11-1-5-14(6-2-11)22-15-7-3-12(20)9-17(15)23-18-10-13(21)4-8-16(18)22/h1-10H. The molecule has 5 heteroatoms. The Morgan fingerprint density at radius 3 is 1.61 bits per heavy atom. The molecule has 0 atom stereocenters. The van der Waals surface area contributed by atoms with Crippen molar-refractivity contribution >= 4 is 64.9 Å². The Morgan fingerprint density at radius 1 is 0.609 bits per heavy atom. The van der Waals surface area contributed by atoms with Crippen LogP contribution in [0, 0.1) is 0 Å².